The minimum Gasteiger partial charge on any atom is -0.347 e. The lowest BCUT2D eigenvalue weighted by atomic mass is 10.0. The number of sulfonamides is 1. The smallest absolute Gasteiger partial charge is 0.251 e. The lowest BCUT2D eigenvalue weighted by Gasteiger charge is -2.29. The van der Waals surface area contributed by atoms with Gasteiger partial charge in [-0.1, -0.05) is 13.0 Å². The third-order valence-electron chi connectivity index (χ3n) is 4.50. The van der Waals surface area contributed by atoms with Crippen molar-refractivity contribution in [2.45, 2.75) is 31.2 Å². The Morgan fingerprint density at radius 3 is 2.48 bits per heavy atom. The third-order valence-corrected chi connectivity index (χ3v) is 7.29. The summed E-state index contributed by atoms with van der Waals surface area (Å²) in [4.78, 5) is 13.5. The van der Waals surface area contributed by atoms with Crippen LogP contribution in [0.15, 0.2) is 46.7 Å². The molecule has 1 aliphatic heterocycles. The summed E-state index contributed by atoms with van der Waals surface area (Å²) in [5.41, 5.74) is 0.461. The van der Waals surface area contributed by atoms with E-state index >= 15 is 0 Å². The Hall–Kier alpha value is -1.70. The summed E-state index contributed by atoms with van der Waals surface area (Å²) in [7, 11) is -3.47. The van der Waals surface area contributed by atoms with Crippen LogP contribution in [0.4, 0.5) is 0 Å². The van der Waals surface area contributed by atoms with Crippen LogP contribution in [0.25, 0.3) is 0 Å². The Morgan fingerprint density at radius 1 is 1.20 bits per heavy atom. The van der Waals surface area contributed by atoms with E-state index in [1.54, 1.807) is 27.8 Å². The summed E-state index contributed by atoms with van der Waals surface area (Å²) in [6.45, 7) is 3.75. The van der Waals surface area contributed by atoms with Gasteiger partial charge < -0.3 is 5.32 Å². The molecule has 25 heavy (non-hydrogen) atoms. The molecule has 1 N–H and O–H groups in total. The average molecular weight is 379 g/mol. The first-order chi connectivity index (χ1) is 12.0. The molecule has 0 bridgehead atoms. The molecule has 0 atom stereocenters. The van der Waals surface area contributed by atoms with E-state index in [0.29, 0.717) is 31.1 Å². The zero-order valence-corrected chi connectivity index (χ0v) is 15.8. The number of nitrogens with one attached hydrogen (secondary N) is 1. The molecular formula is C18H22N2O3S2. The van der Waals surface area contributed by atoms with Crippen LogP contribution >= 0.6 is 11.3 Å². The molecule has 1 aliphatic rings. The predicted molar refractivity (Wildman–Crippen MR) is 99.1 cm³/mol. The van der Waals surface area contributed by atoms with E-state index in [9.17, 15) is 13.2 Å². The number of nitrogens with zero attached hydrogens (tertiary/aromatic N) is 1. The van der Waals surface area contributed by atoms with Gasteiger partial charge in [0.25, 0.3) is 5.91 Å². The van der Waals surface area contributed by atoms with Gasteiger partial charge in [0.1, 0.15) is 0 Å². The highest BCUT2D eigenvalue weighted by Crippen LogP contribution is 2.23. The van der Waals surface area contributed by atoms with Crippen LogP contribution in [-0.2, 0) is 16.6 Å². The predicted octanol–water partition coefficient (Wildman–Crippen LogP) is 3.10. The summed E-state index contributed by atoms with van der Waals surface area (Å²) in [5, 5.41) is 4.80. The van der Waals surface area contributed by atoms with Crippen molar-refractivity contribution in [1.29, 1.82) is 0 Å². The van der Waals surface area contributed by atoms with Crippen molar-refractivity contribution in [1.82, 2.24) is 9.62 Å². The fraction of sp³-hybridized carbons (Fsp3) is 0.389. The van der Waals surface area contributed by atoms with E-state index in [2.05, 4.69) is 12.2 Å². The van der Waals surface area contributed by atoms with Crippen LogP contribution in [0.3, 0.4) is 0 Å². The van der Waals surface area contributed by atoms with Gasteiger partial charge in [-0.25, -0.2) is 8.42 Å². The van der Waals surface area contributed by atoms with E-state index in [4.69, 9.17) is 0 Å². The van der Waals surface area contributed by atoms with Gasteiger partial charge in [0.15, 0.2) is 0 Å². The zero-order valence-electron chi connectivity index (χ0n) is 14.1. The normalized spacial score (nSPS) is 16.7. The Morgan fingerprint density at radius 2 is 1.88 bits per heavy atom. The maximum Gasteiger partial charge on any atom is 0.251 e. The Labute approximate surface area is 152 Å². The van der Waals surface area contributed by atoms with E-state index in [1.807, 2.05) is 17.5 Å². The number of hydrogen-bond acceptors (Lipinski definition) is 4. The fourth-order valence-corrected chi connectivity index (χ4v) is 4.95. The molecule has 0 unspecified atom stereocenters. The maximum atomic E-state index is 12.7. The van der Waals surface area contributed by atoms with E-state index in [1.165, 1.54) is 12.1 Å². The molecule has 0 radical (unpaired) electrons. The zero-order chi connectivity index (χ0) is 17.9. The maximum absolute atomic E-state index is 12.7. The van der Waals surface area contributed by atoms with Crippen molar-refractivity contribution < 1.29 is 13.2 Å². The minimum absolute atomic E-state index is 0.204. The first-order valence-electron chi connectivity index (χ1n) is 8.37. The first kappa shape index (κ1) is 18.1. The number of benzene rings is 1. The van der Waals surface area contributed by atoms with Crippen molar-refractivity contribution in [3.05, 3.63) is 52.2 Å². The van der Waals surface area contributed by atoms with Gasteiger partial charge in [-0.15, -0.1) is 11.3 Å². The Kier molecular flexibility index (Phi) is 5.56. The van der Waals surface area contributed by atoms with Crippen molar-refractivity contribution in [3.8, 4) is 0 Å². The summed E-state index contributed by atoms with van der Waals surface area (Å²) < 4.78 is 26.9. The second kappa shape index (κ2) is 7.68. The molecule has 1 saturated heterocycles. The topological polar surface area (TPSA) is 66.5 Å². The van der Waals surface area contributed by atoms with E-state index in [0.717, 1.165) is 17.7 Å². The molecule has 0 spiro atoms. The first-order valence-corrected chi connectivity index (χ1v) is 10.7. The molecule has 1 aromatic carbocycles. The van der Waals surface area contributed by atoms with Gasteiger partial charge in [0, 0.05) is 23.5 Å². The number of piperidine rings is 1. The van der Waals surface area contributed by atoms with Crippen LogP contribution in [0, 0.1) is 5.92 Å². The number of carbonyl (C=O) groups excluding carboxylic acids is 1. The molecule has 1 amide bonds. The second-order valence-corrected chi connectivity index (χ2v) is 9.34. The van der Waals surface area contributed by atoms with Crippen molar-refractivity contribution in [2.75, 3.05) is 13.1 Å². The van der Waals surface area contributed by atoms with Gasteiger partial charge in [-0.2, -0.15) is 4.31 Å². The van der Waals surface area contributed by atoms with Gasteiger partial charge in [-0.3, -0.25) is 4.79 Å². The largest absolute Gasteiger partial charge is 0.347 e. The number of thiophene rings is 1. The van der Waals surface area contributed by atoms with E-state index < -0.39 is 10.0 Å². The molecule has 1 aromatic heterocycles. The molecule has 2 aromatic rings. The van der Waals surface area contributed by atoms with Crippen molar-refractivity contribution >= 4 is 27.3 Å². The summed E-state index contributed by atoms with van der Waals surface area (Å²) in [6.07, 6.45) is 1.78. The van der Waals surface area contributed by atoms with Crippen LogP contribution in [-0.4, -0.2) is 31.7 Å². The number of amides is 1. The molecule has 134 valence electrons. The van der Waals surface area contributed by atoms with Crippen molar-refractivity contribution in [3.63, 3.8) is 0 Å². The minimum atomic E-state index is -3.47. The lowest BCUT2D eigenvalue weighted by Crippen LogP contribution is -2.37. The molecule has 7 heteroatoms. The highest BCUT2D eigenvalue weighted by atomic mass is 32.2. The lowest BCUT2D eigenvalue weighted by molar-refractivity contribution is 0.0951. The van der Waals surface area contributed by atoms with E-state index in [-0.39, 0.29) is 10.8 Å². The molecule has 1 fully saturated rings. The summed E-state index contributed by atoms with van der Waals surface area (Å²) >= 11 is 1.58. The second-order valence-electron chi connectivity index (χ2n) is 6.37. The van der Waals surface area contributed by atoms with Crippen LogP contribution in [0.5, 0.6) is 0 Å². The van der Waals surface area contributed by atoms with Crippen LogP contribution < -0.4 is 5.32 Å². The van der Waals surface area contributed by atoms with Gasteiger partial charge >= 0.3 is 0 Å². The average Bonchev–Trinajstić information content (AvgIpc) is 3.14. The molecule has 0 aliphatic carbocycles. The van der Waals surface area contributed by atoms with Gasteiger partial charge in [0.2, 0.25) is 10.0 Å². The summed E-state index contributed by atoms with van der Waals surface area (Å²) in [6, 6.07) is 10.1. The van der Waals surface area contributed by atoms with Crippen LogP contribution in [0.1, 0.15) is 35.0 Å². The van der Waals surface area contributed by atoms with Gasteiger partial charge in [0.05, 0.1) is 11.4 Å². The Bertz CT molecular complexity index is 807. The number of carbonyl (C=O) groups is 1. The molecule has 3 rings (SSSR count). The third kappa shape index (κ3) is 4.29. The quantitative estimate of drug-likeness (QED) is 0.869. The highest BCUT2D eigenvalue weighted by Gasteiger charge is 2.28. The highest BCUT2D eigenvalue weighted by molar-refractivity contribution is 7.89. The monoisotopic (exact) mass is 378 g/mol. The van der Waals surface area contributed by atoms with Gasteiger partial charge in [-0.05, 0) is 54.5 Å². The Balaban J connectivity index is 1.65. The SMILES string of the molecule is CC1CCN(S(=O)(=O)c2ccc(C(=O)NCc3cccs3)cc2)CC1. The standard InChI is InChI=1S/C18H22N2O3S2/c1-14-8-10-20(11-9-14)25(22,23)17-6-4-15(5-7-17)18(21)19-13-16-3-2-12-24-16/h2-7,12,14H,8-11,13H2,1H3,(H,19,21). The van der Waals surface area contributed by atoms with Crippen molar-refractivity contribution in [2.24, 2.45) is 5.92 Å². The molecular weight excluding hydrogens is 356 g/mol. The molecule has 5 nitrogen and oxygen atoms in total. The number of hydrogen-bond donors (Lipinski definition) is 1. The number of rotatable bonds is 5. The van der Waals surface area contributed by atoms with Crippen LogP contribution in [0.2, 0.25) is 0 Å². The molecule has 0 saturated carbocycles. The fourth-order valence-electron chi connectivity index (χ4n) is 2.84. The molecule has 2 heterocycles. The summed E-state index contributed by atoms with van der Waals surface area (Å²) in [5.74, 6) is 0.366.